The van der Waals surface area contributed by atoms with Gasteiger partial charge in [0.15, 0.2) is 5.82 Å². The molecule has 23 heavy (non-hydrogen) atoms. The number of aromatic nitrogens is 1. The summed E-state index contributed by atoms with van der Waals surface area (Å²) in [6.07, 6.45) is 1.45. The Morgan fingerprint density at radius 1 is 1.35 bits per heavy atom. The molecule has 0 bridgehead atoms. The van der Waals surface area contributed by atoms with Crippen LogP contribution in [0.25, 0.3) is 0 Å². The number of nitrogens with one attached hydrogen (secondary N) is 1. The number of hydrogen-bond donors (Lipinski definition) is 2. The number of amides is 1. The Morgan fingerprint density at radius 2 is 2.00 bits per heavy atom. The minimum atomic E-state index is -0.898. The van der Waals surface area contributed by atoms with E-state index in [-0.39, 0.29) is 46.6 Å². The Morgan fingerprint density at radius 3 is 2.52 bits per heavy atom. The van der Waals surface area contributed by atoms with Crippen LogP contribution < -0.4 is 10.1 Å². The second kappa shape index (κ2) is 6.93. The molecule has 2 rings (SSSR count). The van der Waals surface area contributed by atoms with Crippen LogP contribution >= 0.6 is 23.2 Å². The molecule has 6 nitrogen and oxygen atoms in total. The number of nitrogens with zero attached hydrogens (tertiary/aromatic N) is 1. The Bertz CT molecular complexity index is 630. The molecule has 1 aliphatic rings. The predicted molar refractivity (Wildman–Crippen MR) is 87.2 cm³/mol. The summed E-state index contributed by atoms with van der Waals surface area (Å²) in [5.41, 5.74) is -0.438. The van der Waals surface area contributed by atoms with E-state index in [1.54, 1.807) is 0 Å². The van der Waals surface area contributed by atoms with Crippen LogP contribution in [0, 0.1) is 5.41 Å². The van der Waals surface area contributed by atoms with E-state index < -0.39 is 11.4 Å². The highest BCUT2D eigenvalue weighted by Gasteiger charge is 2.46. The van der Waals surface area contributed by atoms with E-state index in [1.807, 2.05) is 13.8 Å². The van der Waals surface area contributed by atoms with E-state index in [0.717, 1.165) is 12.8 Å². The van der Waals surface area contributed by atoms with Crippen LogP contribution in [-0.4, -0.2) is 28.1 Å². The molecule has 1 saturated carbocycles. The molecule has 1 aromatic heterocycles. The van der Waals surface area contributed by atoms with Crippen LogP contribution in [0.15, 0.2) is 6.07 Å². The first-order chi connectivity index (χ1) is 10.7. The molecule has 0 radical (unpaired) electrons. The molecule has 0 aliphatic heterocycles. The highest BCUT2D eigenvalue weighted by atomic mass is 35.5. The number of carbonyl (C=O) groups excluding carboxylic acids is 1. The normalized spacial score (nSPS) is 15.3. The van der Waals surface area contributed by atoms with Crippen LogP contribution in [0.1, 0.15) is 39.5 Å². The lowest BCUT2D eigenvalue weighted by Crippen LogP contribution is -2.20. The molecule has 0 aromatic carbocycles. The summed E-state index contributed by atoms with van der Waals surface area (Å²) in [6.45, 7) is 3.65. The maximum atomic E-state index is 12.1. The number of anilines is 1. The fourth-order valence-corrected chi connectivity index (χ4v) is 2.72. The lowest BCUT2D eigenvalue weighted by Gasteiger charge is -2.15. The van der Waals surface area contributed by atoms with E-state index in [9.17, 15) is 9.59 Å². The number of hydrogen-bond acceptors (Lipinski definition) is 4. The van der Waals surface area contributed by atoms with Gasteiger partial charge in [0.1, 0.15) is 5.02 Å². The van der Waals surface area contributed by atoms with Gasteiger partial charge in [0, 0.05) is 6.42 Å². The standard InChI is InChI=1S/C15H18Cl2N2O4/c1-8(2)23-14-10(17)5-9(16)13(19-14)18-11(20)6-15(3-4-15)7-12(21)22/h5,8H,3-4,6-7H2,1-2H3,(H,21,22)(H,18,19,20). The molecule has 0 atom stereocenters. The number of carboxylic acid groups (broad SMARTS) is 1. The average molecular weight is 361 g/mol. The van der Waals surface area contributed by atoms with Crippen molar-refractivity contribution in [1.82, 2.24) is 4.98 Å². The van der Waals surface area contributed by atoms with Crippen molar-refractivity contribution in [2.75, 3.05) is 5.32 Å². The molecule has 0 saturated heterocycles. The molecule has 0 unspecified atom stereocenters. The van der Waals surface area contributed by atoms with Crippen LogP contribution in [0.3, 0.4) is 0 Å². The highest BCUT2D eigenvalue weighted by Crippen LogP contribution is 2.52. The number of carboxylic acids is 1. The van der Waals surface area contributed by atoms with Crippen molar-refractivity contribution < 1.29 is 19.4 Å². The van der Waals surface area contributed by atoms with Crippen molar-refractivity contribution in [2.24, 2.45) is 5.41 Å². The second-order valence-electron chi connectivity index (χ2n) is 6.07. The number of aliphatic carboxylic acids is 1. The van der Waals surface area contributed by atoms with Crippen molar-refractivity contribution in [2.45, 2.75) is 45.6 Å². The third kappa shape index (κ3) is 4.97. The van der Waals surface area contributed by atoms with Crippen LogP contribution in [0.2, 0.25) is 10.0 Å². The van der Waals surface area contributed by atoms with Gasteiger partial charge in [0.2, 0.25) is 11.8 Å². The molecule has 0 spiro atoms. The summed E-state index contributed by atoms with van der Waals surface area (Å²) >= 11 is 12.0. The number of rotatable bonds is 7. The largest absolute Gasteiger partial charge is 0.481 e. The Balaban J connectivity index is 2.07. The number of carbonyl (C=O) groups is 2. The van der Waals surface area contributed by atoms with Gasteiger partial charge in [-0.15, -0.1) is 0 Å². The number of pyridine rings is 1. The van der Waals surface area contributed by atoms with Gasteiger partial charge < -0.3 is 15.2 Å². The second-order valence-corrected chi connectivity index (χ2v) is 6.88. The summed E-state index contributed by atoms with van der Waals surface area (Å²) in [5, 5.41) is 11.9. The zero-order valence-electron chi connectivity index (χ0n) is 12.9. The number of ether oxygens (including phenoxy) is 1. The van der Waals surface area contributed by atoms with Gasteiger partial charge in [-0.1, -0.05) is 23.2 Å². The Labute approximate surface area is 144 Å². The van der Waals surface area contributed by atoms with Gasteiger partial charge in [-0.2, -0.15) is 4.98 Å². The lowest BCUT2D eigenvalue weighted by molar-refractivity contribution is -0.138. The van der Waals surface area contributed by atoms with Gasteiger partial charge in [-0.25, -0.2) is 0 Å². The van der Waals surface area contributed by atoms with Crippen molar-refractivity contribution in [1.29, 1.82) is 0 Å². The lowest BCUT2D eigenvalue weighted by atomic mass is 9.98. The Hall–Kier alpha value is -1.53. The molecular formula is C15H18Cl2N2O4. The van der Waals surface area contributed by atoms with Gasteiger partial charge in [0.25, 0.3) is 0 Å². The van der Waals surface area contributed by atoms with E-state index in [1.165, 1.54) is 6.07 Å². The van der Waals surface area contributed by atoms with E-state index >= 15 is 0 Å². The summed E-state index contributed by atoms with van der Waals surface area (Å²) in [7, 11) is 0. The quantitative estimate of drug-likeness (QED) is 0.772. The molecule has 1 aromatic rings. The van der Waals surface area contributed by atoms with Crippen LogP contribution in [-0.2, 0) is 9.59 Å². The maximum absolute atomic E-state index is 12.1. The first-order valence-electron chi connectivity index (χ1n) is 7.25. The third-order valence-electron chi connectivity index (χ3n) is 3.52. The van der Waals surface area contributed by atoms with E-state index in [4.69, 9.17) is 33.0 Å². The minimum Gasteiger partial charge on any atom is -0.481 e. The fraction of sp³-hybridized carbons (Fsp3) is 0.533. The zero-order chi connectivity index (χ0) is 17.2. The first-order valence-corrected chi connectivity index (χ1v) is 8.01. The molecule has 126 valence electrons. The molecular weight excluding hydrogens is 343 g/mol. The topological polar surface area (TPSA) is 88.5 Å². The minimum absolute atomic E-state index is 0.0100. The van der Waals surface area contributed by atoms with Crippen molar-refractivity contribution in [3.63, 3.8) is 0 Å². The predicted octanol–water partition coefficient (Wildman–Crippen LogP) is 3.76. The SMILES string of the molecule is CC(C)Oc1nc(NC(=O)CC2(CC(=O)O)CC2)c(Cl)cc1Cl. The number of halogens is 2. The van der Waals surface area contributed by atoms with Crippen molar-refractivity contribution >= 4 is 40.9 Å². The van der Waals surface area contributed by atoms with Gasteiger partial charge >= 0.3 is 5.97 Å². The van der Waals surface area contributed by atoms with Gasteiger partial charge in [0.05, 0.1) is 17.5 Å². The highest BCUT2D eigenvalue weighted by molar-refractivity contribution is 6.37. The van der Waals surface area contributed by atoms with Gasteiger partial charge in [-0.3, -0.25) is 9.59 Å². The van der Waals surface area contributed by atoms with Crippen LogP contribution in [0.4, 0.5) is 5.82 Å². The Kier molecular flexibility index (Phi) is 5.37. The van der Waals surface area contributed by atoms with Crippen LogP contribution in [0.5, 0.6) is 5.88 Å². The third-order valence-corrected chi connectivity index (χ3v) is 4.08. The molecule has 1 fully saturated rings. The fourth-order valence-electron chi connectivity index (χ4n) is 2.27. The summed E-state index contributed by atoms with van der Waals surface area (Å²) < 4.78 is 5.46. The summed E-state index contributed by atoms with van der Waals surface area (Å²) in [6, 6.07) is 1.45. The van der Waals surface area contributed by atoms with Crippen molar-refractivity contribution in [3.8, 4) is 5.88 Å². The first kappa shape index (κ1) is 17.8. The molecule has 2 N–H and O–H groups in total. The summed E-state index contributed by atoms with van der Waals surface area (Å²) in [4.78, 5) is 27.1. The van der Waals surface area contributed by atoms with Gasteiger partial charge in [-0.05, 0) is 38.2 Å². The zero-order valence-corrected chi connectivity index (χ0v) is 14.4. The van der Waals surface area contributed by atoms with E-state index in [0.29, 0.717) is 0 Å². The molecule has 1 aliphatic carbocycles. The monoisotopic (exact) mass is 360 g/mol. The molecule has 1 heterocycles. The average Bonchev–Trinajstić information content (AvgIpc) is 3.12. The maximum Gasteiger partial charge on any atom is 0.303 e. The van der Waals surface area contributed by atoms with E-state index in [2.05, 4.69) is 10.3 Å². The molecule has 8 heteroatoms. The molecule has 1 amide bonds. The smallest absolute Gasteiger partial charge is 0.303 e. The van der Waals surface area contributed by atoms with Crippen molar-refractivity contribution in [3.05, 3.63) is 16.1 Å². The summed E-state index contributed by atoms with van der Waals surface area (Å²) in [5.74, 6) is -0.877.